The molecule has 2 saturated carbocycles. The quantitative estimate of drug-likeness (QED) is 0.541. The van der Waals surface area contributed by atoms with Gasteiger partial charge in [0.1, 0.15) is 11.3 Å². The van der Waals surface area contributed by atoms with Gasteiger partial charge in [-0.3, -0.25) is 0 Å². The zero-order valence-corrected chi connectivity index (χ0v) is 16.5. The van der Waals surface area contributed by atoms with Gasteiger partial charge in [0.25, 0.3) is 0 Å². The molecule has 4 aromatic rings. The third-order valence-electron chi connectivity index (χ3n) is 7.59. The molecule has 3 fully saturated rings. The van der Waals surface area contributed by atoms with Crippen molar-refractivity contribution in [2.24, 2.45) is 5.41 Å². The number of nitrogens with zero attached hydrogens (tertiary/aromatic N) is 3. The van der Waals surface area contributed by atoms with E-state index in [1.54, 1.807) is 6.07 Å². The molecular weight excluding hydrogens is 372 g/mol. The fourth-order valence-electron chi connectivity index (χ4n) is 6.08. The van der Waals surface area contributed by atoms with Gasteiger partial charge in [-0.1, -0.05) is 24.3 Å². The maximum atomic E-state index is 10.2. The minimum absolute atomic E-state index is 0.215. The first kappa shape index (κ1) is 16.6. The summed E-state index contributed by atoms with van der Waals surface area (Å²) in [5.41, 5.74) is 6.35. The summed E-state index contributed by atoms with van der Waals surface area (Å²) in [7, 11) is 0. The van der Waals surface area contributed by atoms with E-state index in [9.17, 15) is 5.11 Å². The number of hydrogen-bond acceptors (Lipinski definition) is 4. The van der Waals surface area contributed by atoms with Crippen LogP contribution >= 0.6 is 0 Å². The molecule has 1 aliphatic heterocycles. The fourth-order valence-corrected chi connectivity index (χ4v) is 6.08. The van der Waals surface area contributed by atoms with Crippen molar-refractivity contribution >= 4 is 11.0 Å². The third kappa shape index (κ3) is 2.21. The van der Waals surface area contributed by atoms with Gasteiger partial charge in [-0.15, -0.1) is 10.2 Å². The first-order chi connectivity index (χ1) is 14.7. The molecule has 2 aromatic heterocycles. The summed E-state index contributed by atoms with van der Waals surface area (Å²) < 4.78 is 2.15. The van der Waals surface area contributed by atoms with Crippen molar-refractivity contribution in [3.05, 3.63) is 72.4 Å². The molecule has 2 aliphatic carbocycles. The Bertz CT molecular complexity index is 1290. The van der Waals surface area contributed by atoms with Gasteiger partial charge in [-0.05, 0) is 72.6 Å². The Balaban J connectivity index is 1.26. The van der Waals surface area contributed by atoms with Crippen molar-refractivity contribution in [2.45, 2.75) is 37.3 Å². The summed E-state index contributed by atoms with van der Waals surface area (Å²) in [4.78, 5) is 0. The van der Waals surface area contributed by atoms with Gasteiger partial charge >= 0.3 is 0 Å². The van der Waals surface area contributed by atoms with E-state index in [1.165, 1.54) is 24.8 Å². The molecule has 1 saturated heterocycles. The smallest absolute Gasteiger partial charge is 0.125 e. The topological polar surface area (TPSA) is 63.0 Å². The van der Waals surface area contributed by atoms with Gasteiger partial charge < -0.3 is 15.0 Å². The van der Waals surface area contributed by atoms with E-state index >= 15 is 0 Å². The lowest BCUT2D eigenvalue weighted by Crippen LogP contribution is -2.29. The van der Waals surface area contributed by atoms with Crippen LogP contribution in [0, 0.1) is 5.41 Å². The molecule has 1 spiro atoms. The average molecular weight is 394 g/mol. The van der Waals surface area contributed by atoms with Crippen LogP contribution in [0.15, 0.2) is 66.9 Å². The summed E-state index contributed by atoms with van der Waals surface area (Å²) in [6.07, 6.45) is 6.04. The molecule has 5 nitrogen and oxygen atoms in total. The van der Waals surface area contributed by atoms with E-state index < -0.39 is 0 Å². The number of aromatic hydroxyl groups is 1. The molecule has 148 valence electrons. The summed E-state index contributed by atoms with van der Waals surface area (Å²) in [6.45, 7) is 0. The number of para-hydroxylation sites is 1. The fraction of sp³-hybridized carbons (Fsp3) is 0.280. The Labute approximate surface area is 174 Å². The molecule has 7 rings (SSSR count). The number of hydrogen-bond donors (Lipinski definition) is 2. The van der Waals surface area contributed by atoms with Crippen LogP contribution < -0.4 is 5.32 Å². The van der Waals surface area contributed by atoms with Gasteiger partial charge in [-0.2, -0.15) is 0 Å². The largest absolute Gasteiger partial charge is 0.507 e. The molecule has 4 atom stereocenters. The molecule has 4 unspecified atom stereocenters. The van der Waals surface area contributed by atoms with Crippen LogP contribution in [-0.2, 0) is 0 Å². The lowest BCUT2D eigenvalue weighted by Gasteiger charge is -2.23. The van der Waals surface area contributed by atoms with Crippen molar-refractivity contribution in [3.8, 4) is 22.7 Å². The van der Waals surface area contributed by atoms with E-state index in [2.05, 4.69) is 44.3 Å². The molecular formula is C25H22N4O. The van der Waals surface area contributed by atoms with Crippen LogP contribution in [0.5, 0.6) is 5.75 Å². The highest BCUT2D eigenvalue weighted by Crippen LogP contribution is 2.69. The van der Waals surface area contributed by atoms with E-state index in [4.69, 9.17) is 0 Å². The minimum Gasteiger partial charge on any atom is -0.507 e. The zero-order valence-electron chi connectivity index (χ0n) is 16.5. The Morgan fingerprint density at radius 2 is 1.87 bits per heavy atom. The van der Waals surface area contributed by atoms with Crippen LogP contribution in [0.1, 0.15) is 30.7 Å². The Morgan fingerprint density at radius 3 is 2.67 bits per heavy atom. The highest BCUT2D eigenvalue weighted by Gasteiger charge is 2.68. The van der Waals surface area contributed by atoms with Crippen molar-refractivity contribution in [1.82, 2.24) is 20.1 Å². The number of aromatic nitrogens is 3. The predicted octanol–water partition coefficient (Wildman–Crippen LogP) is 4.40. The molecule has 0 amide bonds. The molecule has 3 aliphatic rings. The number of phenolic OH excluding ortho intramolecular Hbond substituents is 1. The van der Waals surface area contributed by atoms with Gasteiger partial charge in [0.15, 0.2) is 0 Å². The number of benzene rings is 2. The maximum absolute atomic E-state index is 10.2. The number of piperidine rings is 2. The lowest BCUT2D eigenvalue weighted by molar-refractivity contribution is 0.427. The van der Waals surface area contributed by atoms with Crippen molar-refractivity contribution in [1.29, 1.82) is 0 Å². The second kappa shape index (κ2) is 5.70. The Hall–Kier alpha value is -3.18. The Morgan fingerprint density at radius 1 is 1.00 bits per heavy atom. The standard InChI is InChI=1S/C25H22N4O/c30-23-4-2-1-3-18(23)21-12-22-20(27-28-21)9-10-29(22)17-7-5-15(6-8-17)19-11-16-13-25(19)14-24(25)26-16/h1-10,12,16,19,24,26,30H,11,13-14H2. The van der Waals surface area contributed by atoms with E-state index in [0.717, 1.165) is 28.8 Å². The second-order valence-electron chi connectivity index (χ2n) is 9.14. The highest BCUT2D eigenvalue weighted by molar-refractivity contribution is 5.82. The van der Waals surface area contributed by atoms with Crippen molar-refractivity contribution in [3.63, 3.8) is 0 Å². The second-order valence-corrected chi connectivity index (χ2v) is 9.14. The first-order valence-corrected chi connectivity index (χ1v) is 10.7. The zero-order chi connectivity index (χ0) is 19.9. The van der Waals surface area contributed by atoms with Crippen LogP contribution in [-0.4, -0.2) is 32.0 Å². The molecule has 0 radical (unpaired) electrons. The predicted molar refractivity (Wildman–Crippen MR) is 116 cm³/mol. The van der Waals surface area contributed by atoms with E-state index in [1.807, 2.05) is 36.5 Å². The molecule has 2 aromatic carbocycles. The molecule has 2 N–H and O–H groups in total. The highest BCUT2D eigenvalue weighted by atomic mass is 16.3. The van der Waals surface area contributed by atoms with Gasteiger partial charge in [0, 0.05) is 29.5 Å². The van der Waals surface area contributed by atoms with Gasteiger partial charge in [-0.25, -0.2) is 0 Å². The number of nitrogens with one attached hydrogen (secondary N) is 1. The molecule has 2 bridgehead atoms. The van der Waals surface area contributed by atoms with Crippen LogP contribution in [0.25, 0.3) is 28.0 Å². The third-order valence-corrected chi connectivity index (χ3v) is 7.59. The first-order valence-electron chi connectivity index (χ1n) is 10.7. The van der Waals surface area contributed by atoms with E-state index in [-0.39, 0.29) is 5.75 Å². The van der Waals surface area contributed by atoms with Crippen molar-refractivity contribution in [2.75, 3.05) is 0 Å². The summed E-state index contributed by atoms with van der Waals surface area (Å²) in [5, 5.41) is 22.7. The molecule has 30 heavy (non-hydrogen) atoms. The lowest BCUT2D eigenvalue weighted by atomic mass is 9.85. The van der Waals surface area contributed by atoms with Crippen molar-refractivity contribution < 1.29 is 5.11 Å². The van der Waals surface area contributed by atoms with Crippen LogP contribution in [0.2, 0.25) is 0 Å². The van der Waals surface area contributed by atoms with Gasteiger partial charge in [0.2, 0.25) is 0 Å². The molecule has 5 heteroatoms. The van der Waals surface area contributed by atoms with Gasteiger partial charge in [0.05, 0.1) is 11.2 Å². The summed E-state index contributed by atoms with van der Waals surface area (Å²) >= 11 is 0. The normalized spacial score (nSPS) is 28.7. The maximum Gasteiger partial charge on any atom is 0.125 e. The number of phenols is 1. The Kier molecular flexibility index (Phi) is 3.15. The summed E-state index contributed by atoms with van der Waals surface area (Å²) in [5.74, 6) is 0.925. The van der Waals surface area contributed by atoms with E-state index in [0.29, 0.717) is 22.6 Å². The van der Waals surface area contributed by atoms with Crippen LogP contribution in [0.4, 0.5) is 0 Å². The monoisotopic (exact) mass is 394 g/mol. The van der Waals surface area contributed by atoms with Crippen LogP contribution in [0.3, 0.4) is 0 Å². The minimum atomic E-state index is 0.215. The SMILES string of the molecule is Oc1ccccc1-c1cc2c(ccn2-c2ccc(C3CC4CC35CC5N4)cc2)nn1. The summed E-state index contributed by atoms with van der Waals surface area (Å²) in [6, 6.07) is 21.8. The average Bonchev–Trinajstić information content (AvgIpc) is 3.06. The molecule has 3 heterocycles. The number of rotatable bonds is 3. The number of fused-ring (bicyclic) bond motifs is 2.